The number of nitrogens with one attached hydrogen (secondary N) is 3. The van der Waals surface area contributed by atoms with Gasteiger partial charge in [-0.05, 0) is 59.2 Å². The lowest BCUT2D eigenvalue weighted by molar-refractivity contribution is -0.141. The highest BCUT2D eigenvalue weighted by atomic mass is 31.2. The van der Waals surface area contributed by atoms with Crippen LogP contribution in [-0.4, -0.2) is 53.3 Å². The second-order valence-corrected chi connectivity index (χ2v) is 15.9. The number of ketones is 1. The minimum absolute atomic E-state index is 0.222. The van der Waals surface area contributed by atoms with Gasteiger partial charge in [-0.2, -0.15) is 0 Å². The van der Waals surface area contributed by atoms with Gasteiger partial charge in [0.25, 0.3) is 7.37 Å². The molecule has 256 valence electrons. The molecule has 3 aromatic carbocycles. The molecule has 0 unspecified atom stereocenters. The average Bonchev–Trinajstić information content (AvgIpc) is 3.02. The SMILES string of the molecule is C[C@H](NC(=O)C(=O)Nc1cc(C(C)(C)C)ccc1C(C)(C)C)C(=O)N[C@@H](CC(=O)O)C(=O)COP(=O)(c1ccccc1)c1ccccc1. The number of amides is 3. The van der Waals surface area contributed by atoms with Gasteiger partial charge in [-0.3, -0.25) is 28.5 Å². The highest BCUT2D eigenvalue weighted by Gasteiger charge is 2.33. The Labute approximate surface area is 281 Å². The zero-order chi connectivity index (χ0) is 35.9. The van der Waals surface area contributed by atoms with Crippen molar-refractivity contribution in [3.8, 4) is 0 Å². The molecule has 3 aromatic rings. The lowest BCUT2D eigenvalue weighted by Gasteiger charge is -2.27. The first-order chi connectivity index (χ1) is 22.3. The monoisotopic (exact) mass is 677 g/mol. The van der Waals surface area contributed by atoms with E-state index in [1.54, 1.807) is 60.7 Å². The number of benzene rings is 3. The zero-order valence-electron chi connectivity index (χ0n) is 28.3. The quantitative estimate of drug-likeness (QED) is 0.163. The number of hydrogen-bond donors (Lipinski definition) is 4. The number of anilines is 1. The van der Waals surface area contributed by atoms with Crippen molar-refractivity contribution >= 4 is 53.1 Å². The lowest BCUT2D eigenvalue weighted by atomic mass is 9.81. The molecule has 0 heterocycles. The maximum absolute atomic E-state index is 14.1. The van der Waals surface area contributed by atoms with Gasteiger partial charge in [0, 0.05) is 16.3 Å². The Morgan fingerprint density at radius 2 is 1.31 bits per heavy atom. The van der Waals surface area contributed by atoms with Gasteiger partial charge in [0.05, 0.1) is 6.42 Å². The van der Waals surface area contributed by atoms with E-state index in [1.165, 1.54) is 6.92 Å². The Morgan fingerprint density at radius 1 is 0.771 bits per heavy atom. The van der Waals surface area contributed by atoms with E-state index in [1.807, 2.05) is 59.7 Å². The molecule has 0 spiro atoms. The lowest BCUT2D eigenvalue weighted by Crippen LogP contribution is -2.53. The molecule has 0 aliphatic rings. The van der Waals surface area contributed by atoms with E-state index in [0.717, 1.165) is 11.1 Å². The summed E-state index contributed by atoms with van der Waals surface area (Å²) in [7, 11) is -3.77. The summed E-state index contributed by atoms with van der Waals surface area (Å²) in [5.41, 5.74) is 1.64. The summed E-state index contributed by atoms with van der Waals surface area (Å²) in [4.78, 5) is 63.7. The molecule has 0 aromatic heterocycles. The van der Waals surface area contributed by atoms with Crippen LogP contribution in [0.2, 0.25) is 0 Å². The van der Waals surface area contributed by atoms with Gasteiger partial charge in [0.2, 0.25) is 5.91 Å². The molecular formula is C36H44N3O8P. The van der Waals surface area contributed by atoms with Gasteiger partial charge in [-0.15, -0.1) is 0 Å². The van der Waals surface area contributed by atoms with Crippen molar-refractivity contribution in [2.75, 3.05) is 11.9 Å². The van der Waals surface area contributed by atoms with Crippen LogP contribution in [0.5, 0.6) is 0 Å². The smallest absolute Gasteiger partial charge is 0.313 e. The third kappa shape index (κ3) is 9.95. The van der Waals surface area contributed by atoms with Crippen molar-refractivity contribution < 1.29 is 38.2 Å². The summed E-state index contributed by atoms with van der Waals surface area (Å²) in [5, 5.41) is 17.4. The van der Waals surface area contributed by atoms with E-state index < -0.39 is 62.0 Å². The number of carbonyl (C=O) groups is 5. The van der Waals surface area contributed by atoms with Crippen LogP contribution in [0, 0.1) is 0 Å². The Hall–Kier alpha value is -4.60. The number of hydrogen-bond acceptors (Lipinski definition) is 7. The van der Waals surface area contributed by atoms with Gasteiger partial charge in [0.15, 0.2) is 5.78 Å². The third-order valence-corrected chi connectivity index (χ3v) is 10.0. The van der Waals surface area contributed by atoms with Crippen LogP contribution in [0.15, 0.2) is 78.9 Å². The minimum atomic E-state index is -3.77. The van der Waals surface area contributed by atoms with Crippen LogP contribution in [-0.2, 0) is 43.9 Å². The van der Waals surface area contributed by atoms with Gasteiger partial charge >= 0.3 is 17.8 Å². The molecule has 48 heavy (non-hydrogen) atoms. The van der Waals surface area contributed by atoms with Gasteiger partial charge in [-0.25, -0.2) is 0 Å². The van der Waals surface area contributed by atoms with Crippen LogP contribution < -0.4 is 26.6 Å². The first-order valence-electron chi connectivity index (χ1n) is 15.5. The Morgan fingerprint density at radius 3 is 1.79 bits per heavy atom. The predicted octanol–water partition coefficient (Wildman–Crippen LogP) is 4.20. The zero-order valence-corrected chi connectivity index (χ0v) is 29.2. The van der Waals surface area contributed by atoms with E-state index in [9.17, 15) is 33.6 Å². The van der Waals surface area contributed by atoms with Crippen molar-refractivity contribution in [2.45, 2.75) is 77.8 Å². The molecule has 0 saturated carbocycles. The number of aliphatic carboxylic acids is 1. The largest absolute Gasteiger partial charge is 0.481 e. The number of carboxylic acid groups (broad SMARTS) is 1. The van der Waals surface area contributed by atoms with E-state index >= 15 is 0 Å². The average molecular weight is 678 g/mol. The Bertz CT molecular complexity index is 1650. The topological polar surface area (TPSA) is 168 Å². The Kier molecular flexibility index (Phi) is 12.2. The molecule has 0 radical (unpaired) electrons. The second-order valence-electron chi connectivity index (χ2n) is 13.5. The molecule has 0 aliphatic heterocycles. The van der Waals surface area contributed by atoms with Crippen molar-refractivity contribution in [3.63, 3.8) is 0 Å². The summed E-state index contributed by atoms with van der Waals surface area (Å²) < 4.78 is 19.8. The molecule has 2 atom stereocenters. The summed E-state index contributed by atoms with van der Waals surface area (Å²) in [6.07, 6.45) is -0.796. The van der Waals surface area contributed by atoms with E-state index in [2.05, 4.69) is 16.0 Å². The van der Waals surface area contributed by atoms with Gasteiger partial charge < -0.3 is 25.6 Å². The maximum Gasteiger partial charge on any atom is 0.313 e. The highest BCUT2D eigenvalue weighted by molar-refractivity contribution is 7.74. The van der Waals surface area contributed by atoms with E-state index in [-0.39, 0.29) is 10.8 Å². The van der Waals surface area contributed by atoms with Crippen LogP contribution in [0.3, 0.4) is 0 Å². The molecule has 12 heteroatoms. The van der Waals surface area contributed by atoms with Crippen LogP contribution >= 0.6 is 7.37 Å². The fraction of sp³-hybridized carbons (Fsp3) is 0.361. The molecule has 0 bridgehead atoms. The van der Waals surface area contributed by atoms with Crippen molar-refractivity contribution in [2.24, 2.45) is 0 Å². The molecule has 3 rings (SSSR count). The first-order valence-corrected chi connectivity index (χ1v) is 17.1. The normalized spacial score (nSPS) is 13.1. The third-order valence-electron chi connectivity index (χ3n) is 7.55. The number of carbonyl (C=O) groups excluding carboxylic acids is 4. The fourth-order valence-corrected chi connectivity index (χ4v) is 6.83. The fourth-order valence-electron chi connectivity index (χ4n) is 4.79. The molecular weight excluding hydrogens is 633 g/mol. The predicted molar refractivity (Wildman–Crippen MR) is 185 cm³/mol. The minimum Gasteiger partial charge on any atom is -0.481 e. The molecule has 3 amide bonds. The van der Waals surface area contributed by atoms with E-state index in [0.29, 0.717) is 16.3 Å². The molecule has 0 saturated heterocycles. The van der Waals surface area contributed by atoms with Crippen molar-refractivity contribution in [3.05, 3.63) is 90.0 Å². The number of carboxylic acids is 1. The highest BCUT2D eigenvalue weighted by Crippen LogP contribution is 2.44. The Balaban J connectivity index is 1.72. The number of rotatable bonds is 12. The van der Waals surface area contributed by atoms with Crippen molar-refractivity contribution in [1.29, 1.82) is 0 Å². The van der Waals surface area contributed by atoms with Gasteiger partial charge in [0.1, 0.15) is 18.7 Å². The van der Waals surface area contributed by atoms with Crippen LogP contribution in [0.4, 0.5) is 5.69 Å². The van der Waals surface area contributed by atoms with Crippen LogP contribution in [0.25, 0.3) is 0 Å². The summed E-state index contributed by atoms with van der Waals surface area (Å²) in [6, 6.07) is 19.4. The molecule has 4 N–H and O–H groups in total. The molecule has 0 aliphatic carbocycles. The molecule has 11 nitrogen and oxygen atoms in total. The maximum atomic E-state index is 14.1. The first kappa shape index (κ1) is 37.9. The second kappa shape index (κ2) is 15.5. The van der Waals surface area contributed by atoms with E-state index in [4.69, 9.17) is 4.52 Å². The summed E-state index contributed by atoms with van der Waals surface area (Å²) in [6.45, 7) is 12.5. The standard InChI is InChI=1S/C36H44N3O8P/c1-23(37-33(44)34(45)38-28-20-24(35(2,3)4)18-19-27(28)36(5,6)7)32(43)39-29(21-31(41)42)30(40)22-47-48(46,25-14-10-8-11-15-25)26-16-12-9-13-17-26/h8-20,23,29H,21-22H2,1-7H3,(H,37,44)(H,38,45)(H,39,43)(H,41,42)/t23-,29-/m0/s1. The summed E-state index contributed by atoms with van der Waals surface area (Å²) >= 11 is 0. The number of Topliss-reactive ketones (excluding diaryl/α,β-unsaturated/α-hetero) is 1. The van der Waals surface area contributed by atoms with Crippen LogP contribution in [0.1, 0.15) is 66.0 Å². The van der Waals surface area contributed by atoms with Gasteiger partial charge in [-0.1, -0.05) is 90.1 Å². The van der Waals surface area contributed by atoms with Crippen molar-refractivity contribution in [1.82, 2.24) is 10.6 Å². The summed E-state index contributed by atoms with van der Waals surface area (Å²) in [5.74, 6) is -5.24. The molecule has 0 fully saturated rings.